The number of benzene rings is 3. The lowest BCUT2D eigenvalue weighted by atomic mass is 9.93. The van der Waals surface area contributed by atoms with Gasteiger partial charge < -0.3 is 20.3 Å². The molecule has 3 rings (SSSR count). The minimum Gasteiger partial charge on any atom is -0.478 e. The number of aromatic carboxylic acids is 1. The molecular weight excluding hydrogens is 469 g/mol. The predicted octanol–water partition coefficient (Wildman–Crippen LogP) is 6.11. The highest BCUT2D eigenvalue weighted by Gasteiger charge is 2.21. The molecule has 0 saturated heterocycles. The van der Waals surface area contributed by atoms with E-state index in [4.69, 9.17) is 4.74 Å². The molecule has 0 bridgehead atoms. The number of aliphatic hydroxyl groups is 1. The van der Waals surface area contributed by atoms with Crippen molar-refractivity contribution < 1.29 is 24.1 Å². The van der Waals surface area contributed by atoms with Crippen LogP contribution in [0, 0.1) is 12.7 Å². The lowest BCUT2D eigenvalue weighted by Crippen LogP contribution is -2.46. The summed E-state index contributed by atoms with van der Waals surface area (Å²) in [5.74, 6) is -1.13. The Bertz CT molecular complexity index is 1220. The van der Waals surface area contributed by atoms with E-state index >= 15 is 0 Å². The van der Waals surface area contributed by atoms with Gasteiger partial charge in [-0.3, -0.25) is 0 Å². The normalized spacial score (nSPS) is 13.4. The molecule has 0 aliphatic carbocycles. The van der Waals surface area contributed by atoms with Gasteiger partial charge in [0.1, 0.15) is 5.82 Å². The van der Waals surface area contributed by atoms with Gasteiger partial charge in [-0.2, -0.15) is 0 Å². The molecule has 0 amide bonds. The number of hydrogen-bond donors (Lipinski definition) is 3. The first kappa shape index (κ1) is 28.5. The van der Waals surface area contributed by atoms with Crippen molar-refractivity contribution in [3.05, 3.63) is 94.3 Å². The van der Waals surface area contributed by atoms with Crippen LogP contribution in [0.1, 0.15) is 66.4 Å². The van der Waals surface area contributed by atoms with Gasteiger partial charge in [0.15, 0.2) is 0 Å². The highest BCUT2D eigenvalue weighted by Crippen LogP contribution is 2.31. The molecule has 0 aliphatic heterocycles. The van der Waals surface area contributed by atoms with E-state index in [0.717, 1.165) is 27.8 Å². The van der Waals surface area contributed by atoms with Gasteiger partial charge in [-0.05, 0) is 86.1 Å². The molecule has 3 aromatic rings. The summed E-state index contributed by atoms with van der Waals surface area (Å²) < 4.78 is 20.0. The number of carboxylic acid groups (broad SMARTS) is 1. The summed E-state index contributed by atoms with van der Waals surface area (Å²) in [6.07, 6.45) is 0.254. The molecule has 0 aromatic heterocycles. The van der Waals surface area contributed by atoms with Crippen molar-refractivity contribution in [2.75, 3.05) is 13.2 Å². The Labute approximate surface area is 219 Å². The molecule has 3 N–H and O–H groups in total. The number of hydrogen-bond acceptors (Lipinski definition) is 4. The lowest BCUT2D eigenvalue weighted by molar-refractivity contribution is -0.00397. The van der Waals surface area contributed by atoms with E-state index < -0.39 is 12.1 Å². The first-order valence-electron chi connectivity index (χ1n) is 12.8. The SMILES string of the molecule is CCc1cc(-c2ccccc2C(C)OC[C@@H](O)CNC(C)(C)Cc2ccc(C)c(F)c2)ccc1C(=O)O. The summed E-state index contributed by atoms with van der Waals surface area (Å²) in [7, 11) is 0. The number of carboxylic acids is 1. The quantitative estimate of drug-likeness (QED) is 0.276. The van der Waals surface area contributed by atoms with Gasteiger partial charge in [-0.1, -0.05) is 55.5 Å². The van der Waals surface area contributed by atoms with E-state index in [-0.39, 0.29) is 24.1 Å². The van der Waals surface area contributed by atoms with Crippen LogP contribution in [-0.4, -0.2) is 41.0 Å². The van der Waals surface area contributed by atoms with Gasteiger partial charge in [0.25, 0.3) is 0 Å². The molecule has 2 atom stereocenters. The third-order valence-electron chi connectivity index (χ3n) is 6.66. The van der Waals surface area contributed by atoms with Crippen LogP contribution in [0.15, 0.2) is 60.7 Å². The summed E-state index contributed by atoms with van der Waals surface area (Å²) >= 11 is 0. The predicted molar refractivity (Wildman–Crippen MR) is 146 cm³/mol. The van der Waals surface area contributed by atoms with Crippen molar-refractivity contribution in [2.24, 2.45) is 0 Å². The van der Waals surface area contributed by atoms with Crippen LogP contribution in [0.3, 0.4) is 0 Å². The summed E-state index contributed by atoms with van der Waals surface area (Å²) in [5.41, 5.74) is 5.17. The maximum atomic E-state index is 13.9. The monoisotopic (exact) mass is 507 g/mol. The van der Waals surface area contributed by atoms with Crippen molar-refractivity contribution in [3.8, 4) is 11.1 Å². The van der Waals surface area contributed by atoms with Gasteiger partial charge >= 0.3 is 5.97 Å². The largest absolute Gasteiger partial charge is 0.478 e. The van der Waals surface area contributed by atoms with Crippen molar-refractivity contribution in [1.82, 2.24) is 5.32 Å². The van der Waals surface area contributed by atoms with Crippen molar-refractivity contribution in [1.29, 1.82) is 0 Å². The first-order chi connectivity index (χ1) is 17.5. The number of carbonyl (C=O) groups is 1. The molecule has 0 radical (unpaired) electrons. The van der Waals surface area contributed by atoms with Crippen molar-refractivity contribution >= 4 is 5.97 Å². The minimum absolute atomic E-state index is 0.149. The minimum atomic E-state index is -0.926. The molecule has 1 unspecified atom stereocenters. The number of β-amino-alcohol motifs (C(OH)–C–C–N with tert-alkyl or cyclic N) is 1. The fraction of sp³-hybridized carbons (Fsp3) is 0.387. The van der Waals surface area contributed by atoms with E-state index in [2.05, 4.69) is 5.32 Å². The Morgan fingerprint density at radius 3 is 2.51 bits per heavy atom. The van der Waals surface area contributed by atoms with Crippen LogP contribution in [0.5, 0.6) is 0 Å². The number of nitrogens with one attached hydrogen (secondary N) is 1. The zero-order valence-corrected chi connectivity index (χ0v) is 22.3. The lowest BCUT2D eigenvalue weighted by Gasteiger charge is -2.28. The van der Waals surface area contributed by atoms with Gasteiger partial charge in [0, 0.05) is 12.1 Å². The van der Waals surface area contributed by atoms with Crippen LogP contribution < -0.4 is 5.32 Å². The molecule has 0 fully saturated rings. The standard InChI is InChI=1S/C31H38FNO4/c1-6-23-16-24(13-14-28(23)30(35)36)27-10-8-7-9-26(27)21(3)37-19-25(34)18-33-31(4,5)17-22-12-11-20(2)29(32)15-22/h7-16,21,25,33-34H,6,17-19H2,1-5H3,(H,35,36)/t21?,25-/m0/s1. The van der Waals surface area contributed by atoms with Gasteiger partial charge in [0.05, 0.1) is 24.4 Å². The smallest absolute Gasteiger partial charge is 0.335 e. The van der Waals surface area contributed by atoms with Crippen LogP contribution in [-0.2, 0) is 17.6 Å². The van der Waals surface area contributed by atoms with Crippen LogP contribution in [0.4, 0.5) is 4.39 Å². The second kappa shape index (κ2) is 12.5. The third kappa shape index (κ3) is 7.71. The number of aliphatic hydroxyl groups excluding tert-OH is 1. The van der Waals surface area contributed by atoms with Crippen LogP contribution in [0.2, 0.25) is 0 Å². The van der Waals surface area contributed by atoms with E-state index in [9.17, 15) is 19.4 Å². The molecule has 0 aliphatic rings. The molecule has 0 saturated carbocycles. The second-order valence-corrected chi connectivity index (χ2v) is 10.3. The third-order valence-corrected chi connectivity index (χ3v) is 6.66. The van der Waals surface area contributed by atoms with Crippen LogP contribution in [0.25, 0.3) is 11.1 Å². The maximum Gasteiger partial charge on any atom is 0.335 e. The fourth-order valence-corrected chi connectivity index (χ4v) is 4.49. The Hall–Kier alpha value is -3.06. The Balaban J connectivity index is 1.61. The van der Waals surface area contributed by atoms with E-state index in [1.807, 2.05) is 70.2 Å². The molecule has 0 heterocycles. The molecule has 3 aromatic carbocycles. The fourth-order valence-electron chi connectivity index (χ4n) is 4.49. The average Bonchev–Trinajstić information content (AvgIpc) is 2.87. The molecule has 6 heteroatoms. The Kier molecular flexibility index (Phi) is 9.60. The van der Waals surface area contributed by atoms with Crippen molar-refractivity contribution in [3.63, 3.8) is 0 Å². The summed E-state index contributed by atoms with van der Waals surface area (Å²) in [6.45, 7) is 10.2. The first-order valence-corrected chi connectivity index (χ1v) is 12.8. The zero-order chi connectivity index (χ0) is 27.2. The highest BCUT2D eigenvalue weighted by molar-refractivity contribution is 5.90. The highest BCUT2D eigenvalue weighted by atomic mass is 19.1. The van der Waals surface area contributed by atoms with Gasteiger partial charge in [-0.25, -0.2) is 9.18 Å². The average molecular weight is 508 g/mol. The zero-order valence-electron chi connectivity index (χ0n) is 22.3. The summed E-state index contributed by atoms with van der Waals surface area (Å²) in [5, 5.41) is 23.4. The number of aryl methyl sites for hydroxylation is 2. The summed E-state index contributed by atoms with van der Waals surface area (Å²) in [4.78, 5) is 11.5. The number of halogens is 1. The number of ether oxygens (including phenoxy) is 1. The molecule has 198 valence electrons. The maximum absolute atomic E-state index is 13.9. The van der Waals surface area contributed by atoms with Gasteiger partial charge in [0.2, 0.25) is 0 Å². The molecular formula is C31H38FNO4. The van der Waals surface area contributed by atoms with E-state index in [0.29, 0.717) is 30.5 Å². The van der Waals surface area contributed by atoms with E-state index in [1.54, 1.807) is 25.1 Å². The van der Waals surface area contributed by atoms with Crippen LogP contribution >= 0.6 is 0 Å². The summed E-state index contributed by atoms with van der Waals surface area (Å²) in [6, 6.07) is 18.6. The Morgan fingerprint density at radius 1 is 1.11 bits per heavy atom. The van der Waals surface area contributed by atoms with Gasteiger partial charge in [-0.15, -0.1) is 0 Å². The van der Waals surface area contributed by atoms with Crippen molar-refractivity contribution in [2.45, 2.75) is 65.2 Å². The molecule has 37 heavy (non-hydrogen) atoms. The Morgan fingerprint density at radius 2 is 1.84 bits per heavy atom. The molecule has 5 nitrogen and oxygen atoms in total. The second-order valence-electron chi connectivity index (χ2n) is 10.3. The number of rotatable bonds is 12. The molecule has 0 spiro atoms. The van der Waals surface area contributed by atoms with E-state index in [1.165, 1.54) is 0 Å². The topological polar surface area (TPSA) is 78.8 Å².